The molecule has 3 heteroatoms. The highest BCUT2D eigenvalue weighted by molar-refractivity contribution is 5.87. The van der Waals surface area contributed by atoms with Crippen molar-refractivity contribution < 1.29 is 9.59 Å². The third-order valence-electron chi connectivity index (χ3n) is 9.25. The van der Waals surface area contributed by atoms with Crippen molar-refractivity contribution in [3.63, 3.8) is 0 Å². The van der Waals surface area contributed by atoms with E-state index in [4.69, 9.17) is 0 Å². The normalized spacial score (nSPS) is 52.7. The Labute approximate surface area is 145 Å². The van der Waals surface area contributed by atoms with Crippen LogP contribution in [0.4, 0.5) is 0 Å². The van der Waals surface area contributed by atoms with Crippen LogP contribution in [-0.2, 0) is 9.59 Å². The van der Waals surface area contributed by atoms with Crippen molar-refractivity contribution in [1.82, 2.24) is 4.90 Å². The SMILES string of the molecule is CC(=O)N1CC2(C)CCCC3(C1)C1C[C@@H]4CC[C@@]1(CC[C@H]23)C(=O)C4. The maximum Gasteiger partial charge on any atom is 0.219 e. The number of amides is 1. The molecule has 6 rings (SSSR count). The van der Waals surface area contributed by atoms with Crippen LogP contribution in [0.3, 0.4) is 0 Å². The third-order valence-corrected chi connectivity index (χ3v) is 9.25. The van der Waals surface area contributed by atoms with Crippen molar-refractivity contribution in [2.45, 2.75) is 71.6 Å². The van der Waals surface area contributed by atoms with Gasteiger partial charge in [-0.05, 0) is 73.5 Å². The number of hydrogen-bond donors (Lipinski definition) is 0. The van der Waals surface area contributed by atoms with E-state index in [1.54, 1.807) is 6.92 Å². The summed E-state index contributed by atoms with van der Waals surface area (Å²) in [5, 5.41) is 0. The number of fused-ring (bicyclic) bond motifs is 2. The topological polar surface area (TPSA) is 37.4 Å². The molecule has 0 N–H and O–H groups in total. The molecule has 24 heavy (non-hydrogen) atoms. The van der Waals surface area contributed by atoms with E-state index in [-0.39, 0.29) is 22.2 Å². The lowest BCUT2D eigenvalue weighted by Crippen LogP contribution is -2.70. The minimum absolute atomic E-state index is 0.0106. The van der Waals surface area contributed by atoms with E-state index >= 15 is 0 Å². The summed E-state index contributed by atoms with van der Waals surface area (Å²) in [6.07, 6.45) is 10.7. The van der Waals surface area contributed by atoms with Gasteiger partial charge < -0.3 is 4.90 Å². The molecule has 1 aliphatic heterocycles. The number of nitrogens with zero attached hydrogens (tertiary/aromatic N) is 1. The molecule has 1 saturated heterocycles. The molecule has 1 amide bonds. The average Bonchev–Trinajstić information content (AvgIpc) is 2.53. The van der Waals surface area contributed by atoms with Gasteiger partial charge >= 0.3 is 0 Å². The Morgan fingerprint density at radius 3 is 2.62 bits per heavy atom. The minimum Gasteiger partial charge on any atom is -0.342 e. The first kappa shape index (κ1) is 15.4. The van der Waals surface area contributed by atoms with Crippen LogP contribution in [0.25, 0.3) is 0 Å². The van der Waals surface area contributed by atoms with Crippen molar-refractivity contribution >= 4 is 11.7 Å². The number of carbonyl (C=O) groups is 2. The molecule has 1 heterocycles. The maximum absolute atomic E-state index is 13.1. The zero-order chi connectivity index (χ0) is 16.7. The van der Waals surface area contributed by atoms with Crippen LogP contribution in [0.2, 0.25) is 0 Å². The first-order valence-corrected chi connectivity index (χ1v) is 10.2. The van der Waals surface area contributed by atoms with Crippen LogP contribution in [-0.4, -0.2) is 29.7 Å². The van der Waals surface area contributed by atoms with Crippen molar-refractivity contribution in [3.05, 3.63) is 0 Å². The number of hydrogen-bond acceptors (Lipinski definition) is 2. The zero-order valence-corrected chi connectivity index (χ0v) is 15.3. The zero-order valence-electron chi connectivity index (χ0n) is 15.3. The van der Waals surface area contributed by atoms with Crippen molar-refractivity contribution in [2.24, 2.45) is 34.0 Å². The van der Waals surface area contributed by atoms with Gasteiger partial charge in [0.25, 0.3) is 0 Å². The van der Waals surface area contributed by atoms with Gasteiger partial charge in [-0.25, -0.2) is 0 Å². The number of carbonyl (C=O) groups excluding carboxylic acids is 2. The van der Waals surface area contributed by atoms with E-state index in [1.165, 1.54) is 38.5 Å². The Hall–Kier alpha value is -0.860. The van der Waals surface area contributed by atoms with Gasteiger partial charge in [0.2, 0.25) is 5.91 Å². The molecule has 0 aromatic carbocycles. The van der Waals surface area contributed by atoms with Crippen LogP contribution < -0.4 is 0 Å². The second-order valence-corrected chi connectivity index (χ2v) is 10.2. The molecule has 4 bridgehead atoms. The van der Waals surface area contributed by atoms with E-state index in [2.05, 4.69) is 11.8 Å². The smallest absolute Gasteiger partial charge is 0.219 e. The number of rotatable bonds is 0. The van der Waals surface area contributed by atoms with E-state index in [0.29, 0.717) is 17.6 Å². The molecule has 6 atom stereocenters. The van der Waals surface area contributed by atoms with Crippen molar-refractivity contribution in [2.75, 3.05) is 13.1 Å². The Kier molecular flexibility index (Phi) is 2.98. The Balaban J connectivity index is 1.63. The summed E-state index contributed by atoms with van der Waals surface area (Å²) in [6.45, 7) is 6.08. The second-order valence-electron chi connectivity index (χ2n) is 10.2. The van der Waals surface area contributed by atoms with Crippen LogP contribution in [0.1, 0.15) is 71.6 Å². The molecule has 3 unspecified atom stereocenters. The van der Waals surface area contributed by atoms with Crippen LogP contribution in [0, 0.1) is 34.0 Å². The summed E-state index contributed by atoms with van der Waals surface area (Å²) < 4.78 is 0. The maximum atomic E-state index is 13.1. The molecular formula is C21H31NO2. The quantitative estimate of drug-likeness (QED) is 0.678. The monoisotopic (exact) mass is 329 g/mol. The molecule has 0 aromatic rings. The average molecular weight is 329 g/mol. The van der Waals surface area contributed by atoms with Crippen LogP contribution >= 0.6 is 0 Å². The Morgan fingerprint density at radius 2 is 1.88 bits per heavy atom. The predicted octanol–water partition coefficient (Wildman–Crippen LogP) is 3.81. The first-order chi connectivity index (χ1) is 11.4. The highest BCUT2D eigenvalue weighted by Crippen LogP contribution is 2.72. The Morgan fingerprint density at radius 1 is 1.08 bits per heavy atom. The van der Waals surface area contributed by atoms with Gasteiger partial charge in [0.1, 0.15) is 5.78 Å². The summed E-state index contributed by atoms with van der Waals surface area (Å²) in [7, 11) is 0. The number of Topliss-reactive ketones (excluding diaryl/α,β-unsaturated/α-hetero) is 1. The van der Waals surface area contributed by atoms with Crippen molar-refractivity contribution in [1.29, 1.82) is 0 Å². The molecule has 132 valence electrons. The molecular weight excluding hydrogens is 298 g/mol. The lowest BCUT2D eigenvalue weighted by Gasteiger charge is -2.71. The first-order valence-electron chi connectivity index (χ1n) is 10.2. The van der Waals surface area contributed by atoms with E-state index in [1.807, 2.05) is 0 Å². The highest BCUT2D eigenvalue weighted by atomic mass is 16.2. The van der Waals surface area contributed by atoms with Gasteiger partial charge in [-0.15, -0.1) is 0 Å². The Bertz CT molecular complexity index is 615. The standard InChI is InChI=1S/C21H31NO2/c1-14(23)22-12-19(2)6-3-7-21(13-22)16(19)5-9-20-8-4-15(10-17(20)21)11-18(20)24/h15-17H,3-13H2,1-2H3/t15-,16+,17?,19?,20-,21?/m0/s1. The predicted molar refractivity (Wildman–Crippen MR) is 92.3 cm³/mol. The molecule has 6 aliphatic rings. The molecule has 0 radical (unpaired) electrons. The summed E-state index contributed by atoms with van der Waals surface area (Å²) in [5.41, 5.74) is 0.511. The van der Waals surface area contributed by atoms with Crippen molar-refractivity contribution in [3.8, 4) is 0 Å². The van der Waals surface area contributed by atoms with E-state index < -0.39 is 0 Å². The van der Waals surface area contributed by atoms with E-state index in [0.717, 1.165) is 38.3 Å². The lowest BCUT2D eigenvalue weighted by molar-refractivity contribution is -0.219. The van der Waals surface area contributed by atoms with Gasteiger partial charge in [-0.3, -0.25) is 9.59 Å². The van der Waals surface area contributed by atoms with Gasteiger partial charge in [-0.2, -0.15) is 0 Å². The molecule has 5 aliphatic carbocycles. The summed E-state index contributed by atoms with van der Waals surface area (Å²) in [5.74, 6) is 2.77. The molecule has 1 spiro atoms. The van der Waals surface area contributed by atoms with E-state index in [9.17, 15) is 9.59 Å². The molecule has 5 saturated carbocycles. The fourth-order valence-corrected chi connectivity index (χ4v) is 8.40. The van der Waals surface area contributed by atoms with Gasteiger partial charge in [-0.1, -0.05) is 13.3 Å². The van der Waals surface area contributed by atoms with Crippen LogP contribution in [0.15, 0.2) is 0 Å². The van der Waals surface area contributed by atoms with Crippen LogP contribution in [0.5, 0.6) is 0 Å². The molecule has 0 aromatic heterocycles. The minimum atomic E-state index is -0.0106. The van der Waals surface area contributed by atoms with Gasteiger partial charge in [0, 0.05) is 31.8 Å². The number of piperidine rings is 1. The fourth-order valence-electron chi connectivity index (χ4n) is 8.40. The second kappa shape index (κ2) is 4.65. The summed E-state index contributed by atoms with van der Waals surface area (Å²) >= 11 is 0. The van der Waals surface area contributed by atoms with Gasteiger partial charge in [0.15, 0.2) is 0 Å². The lowest BCUT2D eigenvalue weighted by atomic mass is 9.35. The number of likely N-dealkylation sites (tertiary alicyclic amines) is 1. The fraction of sp³-hybridized carbons (Fsp3) is 0.905. The summed E-state index contributed by atoms with van der Waals surface area (Å²) in [6, 6.07) is 0. The van der Waals surface area contributed by atoms with Gasteiger partial charge in [0.05, 0.1) is 0 Å². The summed E-state index contributed by atoms with van der Waals surface area (Å²) in [4.78, 5) is 27.5. The molecule has 3 nitrogen and oxygen atoms in total. The number of ketones is 1. The molecule has 6 fully saturated rings. The largest absolute Gasteiger partial charge is 0.342 e. The third kappa shape index (κ3) is 1.69. The highest BCUT2D eigenvalue weighted by Gasteiger charge is 2.69.